The number of carboxylic acids is 1. The van der Waals surface area contributed by atoms with Gasteiger partial charge in [0.25, 0.3) is 5.91 Å². The Balaban J connectivity index is 2.37. The number of benzene rings is 1. The number of nitrogens with zero attached hydrogens (tertiary/aromatic N) is 1. The second kappa shape index (κ2) is 5.61. The molecule has 1 amide bonds. The Hall–Kier alpha value is -2.90. The summed E-state index contributed by atoms with van der Waals surface area (Å²) in [4.78, 5) is 26.2. The van der Waals surface area contributed by atoms with E-state index in [1.807, 2.05) is 0 Å². The van der Waals surface area contributed by atoms with Crippen LogP contribution < -0.4 is 5.32 Å². The molecule has 0 saturated carbocycles. The third-order valence-electron chi connectivity index (χ3n) is 2.51. The molecule has 0 atom stereocenters. The summed E-state index contributed by atoms with van der Waals surface area (Å²) in [5.74, 6) is -5.92. The molecule has 0 spiro atoms. The van der Waals surface area contributed by atoms with Crippen molar-refractivity contribution in [2.24, 2.45) is 0 Å². The van der Waals surface area contributed by atoms with Crippen LogP contribution in [0.3, 0.4) is 0 Å². The summed E-state index contributed by atoms with van der Waals surface area (Å²) in [6.07, 6.45) is 1.91. The topological polar surface area (TPSA) is 79.3 Å². The van der Waals surface area contributed by atoms with E-state index in [9.17, 15) is 22.8 Å². The van der Waals surface area contributed by atoms with Gasteiger partial charge in [-0.05, 0) is 12.1 Å². The highest BCUT2D eigenvalue weighted by molar-refractivity contribution is 6.07. The van der Waals surface area contributed by atoms with Gasteiger partial charge >= 0.3 is 5.97 Å². The van der Waals surface area contributed by atoms with E-state index in [4.69, 9.17) is 5.11 Å². The van der Waals surface area contributed by atoms with Crippen LogP contribution in [-0.4, -0.2) is 22.0 Å². The average molecular weight is 296 g/mol. The lowest BCUT2D eigenvalue weighted by Gasteiger charge is -2.09. The van der Waals surface area contributed by atoms with E-state index in [-0.39, 0.29) is 5.56 Å². The molecule has 0 unspecified atom stereocenters. The summed E-state index contributed by atoms with van der Waals surface area (Å²) in [5.41, 5.74) is -1.28. The fourth-order valence-electron chi connectivity index (χ4n) is 1.56. The Bertz CT molecular complexity index is 735. The summed E-state index contributed by atoms with van der Waals surface area (Å²) in [5, 5.41) is 11.0. The van der Waals surface area contributed by atoms with Gasteiger partial charge in [-0.25, -0.2) is 18.0 Å². The lowest BCUT2D eigenvalue weighted by molar-refractivity contribution is 0.0697. The molecule has 2 aromatic rings. The van der Waals surface area contributed by atoms with E-state index in [2.05, 4.69) is 10.3 Å². The van der Waals surface area contributed by atoms with E-state index in [0.717, 1.165) is 18.5 Å². The first-order valence-electron chi connectivity index (χ1n) is 5.52. The van der Waals surface area contributed by atoms with Gasteiger partial charge in [-0.1, -0.05) is 0 Å². The van der Waals surface area contributed by atoms with Gasteiger partial charge in [0.2, 0.25) is 0 Å². The number of nitrogens with one attached hydrogen (secondary N) is 1. The number of carboxylic acid groups (broad SMARTS) is 1. The molecule has 1 heterocycles. The first-order chi connectivity index (χ1) is 9.88. The summed E-state index contributed by atoms with van der Waals surface area (Å²) < 4.78 is 39.1. The number of anilines is 1. The molecular weight excluding hydrogens is 289 g/mol. The van der Waals surface area contributed by atoms with E-state index in [1.165, 1.54) is 0 Å². The highest BCUT2D eigenvalue weighted by Crippen LogP contribution is 2.21. The number of pyridine rings is 1. The largest absolute Gasteiger partial charge is 0.478 e. The van der Waals surface area contributed by atoms with Crippen LogP contribution in [0.1, 0.15) is 20.7 Å². The molecule has 0 fully saturated rings. The van der Waals surface area contributed by atoms with E-state index < -0.39 is 40.6 Å². The van der Waals surface area contributed by atoms with Gasteiger partial charge in [0.15, 0.2) is 11.6 Å². The van der Waals surface area contributed by atoms with Gasteiger partial charge in [-0.3, -0.25) is 9.78 Å². The molecule has 2 rings (SSSR count). The number of rotatable bonds is 3. The van der Waals surface area contributed by atoms with Gasteiger partial charge in [0, 0.05) is 12.3 Å². The molecule has 1 aromatic carbocycles. The van der Waals surface area contributed by atoms with Crippen molar-refractivity contribution < 1.29 is 27.9 Å². The standard InChI is InChI=1S/C13H7F3N2O3/c14-7-1-6(4-17-5-7)12(19)18-11-3-10(16)9(15)2-8(11)13(20)21/h1-5H,(H,18,19)(H,20,21). The summed E-state index contributed by atoms with van der Waals surface area (Å²) in [7, 11) is 0. The molecular formula is C13H7F3N2O3. The Morgan fingerprint density at radius 3 is 2.33 bits per heavy atom. The number of aromatic carboxylic acids is 1. The molecule has 1 aromatic heterocycles. The van der Waals surface area contributed by atoms with Crippen molar-refractivity contribution in [1.82, 2.24) is 4.98 Å². The molecule has 8 heteroatoms. The third kappa shape index (κ3) is 3.16. The molecule has 0 aliphatic heterocycles. The molecule has 0 aliphatic rings. The highest BCUT2D eigenvalue weighted by atomic mass is 19.2. The number of halogens is 3. The van der Waals surface area contributed by atoms with Crippen molar-refractivity contribution in [3.63, 3.8) is 0 Å². The minimum absolute atomic E-state index is 0.198. The number of carbonyl (C=O) groups excluding carboxylic acids is 1. The Morgan fingerprint density at radius 1 is 1.05 bits per heavy atom. The van der Waals surface area contributed by atoms with Crippen LogP contribution in [0.4, 0.5) is 18.9 Å². The normalized spacial score (nSPS) is 10.2. The van der Waals surface area contributed by atoms with Crippen LogP contribution in [0.25, 0.3) is 0 Å². The molecule has 0 bridgehead atoms. The second-order valence-corrected chi connectivity index (χ2v) is 3.96. The monoisotopic (exact) mass is 296 g/mol. The maximum absolute atomic E-state index is 13.1. The third-order valence-corrected chi connectivity index (χ3v) is 2.51. The number of amides is 1. The summed E-state index contributed by atoms with van der Waals surface area (Å²) in [6.45, 7) is 0. The van der Waals surface area contributed by atoms with Gasteiger partial charge in [-0.15, -0.1) is 0 Å². The van der Waals surface area contributed by atoms with Crippen molar-refractivity contribution in [2.75, 3.05) is 5.32 Å². The van der Waals surface area contributed by atoms with Gasteiger partial charge < -0.3 is 10.4 Å². The number of carbonyl (C=O) groups is 2. The Kier molecular flexibility index (Phi) is 3.88. The van der Waals surface area contributed by atoms with E-state index in [1.54, 1.807) is 0 Å². The zero-order valence-electron chi connectivity index (χ0n) is 10.2. The van der Waals surface area contributed by atoms with E-state index in [0.29, 0.717) is 12.1 Å². The quantitative estimate of drug-likeness (QED) is 0.911. The van der Waals surface area contributed by atoms with Gasteiger partial charge in [-0.2, -0.15) is 0 Å². The first kappa shape index (κ1) is 14.5. The number of hydrogen-bond acceptors (Lipinski definition) is 3. The second-order valence-electron chi connectivity index (χ2n) is 3.96. The lowest BCUT2D eigenvalue weighted by Crippen LogP contribution is -2.16. The zero-order chi connectivity index (χ0) is 15.6. The van der Waals surface area contributed by atoms with Crippen molar-refractivity contribution in [2.45, 2.75) is 0 Å². The van der Waals surface area contributed by atoms with Crippen LogP contribution >= 0.6 is 0 Å². The minimum Gasteiger partial charge on any atom is -0.478 e. The maximum Gasteiger partial charge on any atom is 0.337 e. The van der Waals surface area contributed by atoms with Crippen LogP contribution in [-0.2, 0) is 0 Å². The van der Waals surface area contributed by atoms with Gasteiger partial charge in [0.1, 0.15) is 5.82 Å². The van der Waals surface area contributed by atoms with Crippen LogP contribution in [0.2, 0.25) is 0 Å². The van der Waals surface area contributed by atoms with Crippen LogP contribution in [0.5, 0.6) is 0 Å². The Labute approximate surface area is 116 Å². The number of hydrogen-bond donors (Lipinski definition) is 2. The highest BCUT2D eigenvalue weighted by Gasteiger charge is 2.18. The average Bonchev–Trinajstić information content (AvgIpc) is 2.42. The predicted octanol–water partition coefficient (Wildman–Crippen LogP) is 2.45. The summed E-state index contributed by atoms with van der Waals surface area (Å²) in [6, 6.07) is 1.84. The fraction of sp³-hybridized carbons (Fsp3) is 0. The van der Waals surface area contributed by atoms with Crippen molar-refractivity contribution in [1.29, 1.82) is 0 Å². The van der Waals surface area contributed by atoms with Crippen LogP contribution in [0, 0.1) is 17.5 Å². The maximum atomic E-state index is 13.1. The van der Waals surface area contributed by atoms with Crippen molar-refractivity contribution in [3.8, 4) is 0 Å². The SMILES string of the molecule is O=C(Nc1cc(F)c(F)cc1C(=O)O)c1cncc(F)c1. The molecule has 0 saturated heterocycles. The smallest absolute Gasteiger partial charge is 0.337 e. The van der Waals surface area contributed by atoms with Crippen molar-refractivity contribution >= 4 is 17.6 Å². The molecule has 2 N–H and O–H groups in total. The summed E-state index contributed by atoms with van der Waals surface area (Å²) >= 11 is 0. The molecule has 0 aliphatic carbocycles. The molecule has 21 heavy (non-hydrogen) atoms. The number of aromatic nitrogens is 1. The van der Waals surface area contributed by atoms with E-state index >= 15 is 0 Å². The van der Waals surface area contributed by atoms with Crippen molar-refractivity contribution in [3.05, 3.63) is 59.2 Å². The first-order valence-corrected chi connectivity index (χ1v) is 5.52. The predicted molar refractivity (Wildman–Crippen MR) is 65.5 cm³/mol. The minimum atomic E-state index is -1.55. The Morgan fingerprint density at radius 2 is 1.71 bits per heavy atom. The van der Waals surface area contributed by atoms with Crippen LogP contribution in [0.15, 0.2) is 30.6 Å². The molecule has 0 radical (unpaired) electrons. The lowest BCUT2D eigenvalue weighted by atomic mass is 10.1. The zero-order valence-corrected chi connectivity index (χ0v) is 10.2. The molecule has 108 valence electrons. The van der Waals surface area contributed by atoms with Gasteiger partial charge in [0.05, 0.1) is 23.0 Å². The fourth-order valence-corrected chi connectivity index (χ4v) is 1.56. The molecule has 5 nitrogen and oxygen atoms in total.